The molecule has 84 valence electrons. The van der Waals surface area contributed by atoms with Crippen molar-refractivity contribution in [2.45, 2.75) is 31.1 Å². The molecule has 5 nitrogen and oxygen atoms in total. The summed E-state index contributed by atoms with van der Waals surface area (Å²) in [4.78, 5) is 1.95. The normalized spacial score (nSPS) is 27.9. The van der Waals surface area contributed by atoms with Gasteiger partial charge in [0.1, 0.15) is 6.10 Å². The Morgan fingerprint density at radius 2 is 1.93 bits per heavy atom. The zero-order chi connectivity index (χ0) is 10.6. The van der Waals surface area contributed by atoms with Crippen LogP contribution in [0.1, 0.15) is 12.8 Å². The number of hydrogen-bond acceptors (Lipinski definition) is 5. The summed E-state index contributed by atoms with van der Waals surface area (Å²) in [5.41, 5.74) is 0. The molecule has 1 rings (SSSR count). The van der Waals surface area contributed by atoms with Crippen molar-refractivity contribution in [3.05, 3.63) is 0 Å². The number of aliphatic hydroxyl groups is 4. The van der Waals surface area contributed by atoms with E-state index in [1.54, 1.807) is 0 Å². The molecule has 1 fully saturated rings. The van der Waals surface area contributed by atoms with Crippen molar-refractivity contribution in [3.8, 4) is 0 Å². The van der Waals surface area contributed by atoms with E-state index in [4.69, 9.17) is 15.3 Å². The Bertz CT molecular complexity index is 167. The van der Waals surface area contributed by atoms with Gasteiger partial charge in [0.2, 0.25) is 0 Å². The van der Waals surface area contributed by atoms with Crippen LogP contribution in [0.5, 0.6) is 0 Å². The third-order valence-electron chi connectivity index (χ3n) is 2.76. The molecule has 0 unspecified atom stereocenters. The van der Waals surface area contributed by atoms with E-state index in [9.17, 15) is 5.11 Å². The van der Waals surface area contributed by atoms with Crippen molar-refractivity contribution in [1.29, 1.82) is 0 Å². The van der Waals surface area contributed by atoms with Gasteiger partial charge in [-0.15, -0.1) is 0 Å². The molecule has 0 spiro atoms. The van der Waals surface area contributed by atoms with Gasteiger partial charge in [0.15, 0.2) is 0 Å². The van der Waals surface area contributed by atoms with Crippen LogP contribution >= 0.6 is 0 Å². The second-order valence-electron chi connectivity index (χ2n) is 3.79. The quantitative estimate of drug-likeness (QED) is 0.424. The fourth-order valence-electron chi connectivity index (χ4n) is 1.83. The van der Waals surface area contributed by atoms with Gasteiger partial charge in [-0.2, -0.15) is 0 Å². The van der Waals surface area contributed by atoms with Crippen molar-refractivity contribution in [1.82, 2.24) is 4.90 Å². The summed E-state index contributed by atoms with van der Waals surface area (Å²) < 4.78 is 0. The van der Waals surface area contributed by atoms with Crippen molar-refractivity contribution in [2.24, 2.45) is 0 Å². The monoisotopic (exact) mass is 205 g/mol. The first kappa shape index (κ1) is 11.9. The molecule has 0 saturated carbocycles. The molecule has 0 aromatic rings. The van der Waals surface area contributed by atoms with E-state index < -0.39 is 18.8 Å². The van der Waals surface area contributed by atoms with Crippen LogP contribution in [0.25, 0.3) is 0 Å². The van der Waals surface area contributed by atoms with E-state index in [1.807, 2.05) is 4.90 Å². The Kier molecular flexibility index (Phi) is 4.77. The van der Waals surface area contributed by atoms with Crippen molar-refractivity contribution >= 4 is 0 Å². The van der Waals surface area contributed by atoms with Gasteiger partial charge < -0.3 is 20.4 Å². The first-order chi connectivity index (χ1) is 6.69. The fraction of sp³-hybridized carbons (Fsp3) is 1.00. The second-order valence-corrected chi connectivity index (χ2v) is 3.79. The Labute approximate surface area is 83.6 Å². The maximum Gasteiger partial charge on any atom is 0.104 e. The number of aliphatic hydroxyl groups excluding tert-OH is 4. The van der Waals surface area contributed by atoms with Gasteiger partial charge >= 0.3 is 0 Å². The van der Waals surface area contributed by atoms with Gasteiger partial charge in [-0.05, 0) is 19.4 Å². The first-order valence-corrected chi connectivity index (χ1v) is 5.01. The molecule has 0 amide bonds. The molecule has 0 radical (unpaired) electrons. The van der Waals surface area contributed by atoms with Crippen molar-refractivity contribution < 1.29 is 20.4 Å². The largest absolute Gasteiger partial charge is 0.395 e. The van der Waals surface area contributed by atoms with Crippen LogP contribution in [0.4, 0.5) is 0 Å². The van der Waals surface area contributed by atoms with Gasteiger partial charge in [-0.25, -0.2) is 0 Å². The highest BCUT2D eigenvalue weighted by molar-refractivity contribution is 4.82. The minimum Gasteiger partial charge on any atom is -0.395 e. The predicted octanol–water partition coefficient (Wildman–Crippen LogP) is -1.84. The maximum absolute atomic E-state index is 9.46. The Hall–Kier alpha value is -0.200. The van der Waals surface area contributed by atoms with Crippen LogP contribution in [0.3, 0.4) is 0 Å². The lowest BCUT2D eigenvalue weighted by molar-refractivity contribution is -0.0334. The molecule has 5 heteroatoms. The maximum atomic E-state index is 9.46. The second kappa shape index (κ2) is 5.63. The van der Waals surface area contributed by atoms with Crippen LogP contribution < -0.4 is 0 Å². The standard InChI is InChI=1S/C9H19NO4/c11-5-7-2-1-3-10(7)4-8(13)9(14)6-12/h7-9,11-14H,1-6H2/t7-,8-,9-/m0/s1. The molecular weight excluding hydrogens is 186 g/mol. The van der Waals surface area contributed by atoms with Gasteiger partial charge in [0.05, 0.1) is 19.3 Å². The number of likely N-dealkylation sites (tertiary alicyclic amines) is 1. The van der Waals surface area contributed by atoms with Gasteiger partial charge in [0, 0.05) is 12.6 Å². The van der Waals surface area contributed by atoms with Crippen LogP contribution in [0.15, 0.2) is 0 Å². The number of β-amino-alcohol motifs (C(OH)–C–C–N with tert-alkyl or cyclic N) is 1. The summed E-state index contributed by atoms with van der Waals surface area (Å²) in [6.07, 6.45) is -0.0897. The Balaban J connectivity index is 2.35. The lowest BCUT2D eigenvalue weighted by Gasteiger charge is -2.26. The van der Waals surface area contributed by atoms with E-state index in [1.165, 1.54) is 0 Å². The molecule has 0 aromatic carbocycles. The molecule has 4 N–H and O–H groups in total. The Morgan fingerprint density at radius 3 is 2.50 bits per heavy atom. The zero-order valence-corrected chi connectivity index (χ0v) is 8.21. The topological polar surface area (TPSA) is 84.2 Å². The highest BCUT2D eigenvalue weighted by Gasteiger charge is 2.27. The average Bonchev–Trinajstić information content (AvgIpc) is 2.63. The summed E-state index contributed by atoms with van der Waals surface area (Å²) in [5.74, 6) is 0. The van der Waals surface area contributed by atoms with Gasteiger partial charge in [0.25, 0.3) is 0 Å². The van der Waals surface area contributed by atoms with Gasteiger partial charge in [-0.1, -0.05) is 0 Å². The van der Waals surface area contributed by atoms with Crippen LogP contribution in [-0.2, 0) is 0 Å². The van der Waals surface area contributed by atoms with Crippen LogP contribution in [-0.4, -0.2) is 69.9 Å². The third kappa shape index (κ3) is 2.90. The SMILES string of the molecule is OC[C@@H]1CCCN1C[C@H](O)[C@@H](O)CO. The van der Waals surface area contributed by atoms with E-state index >= 15 is 0 Å². The molecule has 1 saturated heterocycles. The molecular formula is C9H19NO4. The molecule has 0 bridgehead atoms. The van der Waals surface area contributed by atoms with Crippen LogP contribution in [0.2, 0.25) is 0 Å². The number of hydrogen-bond donors (Lipinski definition) is 4. The summed E-state index contributed by atoms with van der Waals surface area (Å²) in [6.45, 7) is 0.800. The molecule has 3 atom stereocenters. The minimum absolute atomic E-state index is 0.0853. The smallest absolute Gasteiger partial charge is 0.104 e. The Morgan fingerprint density at radius 1 is 1.21 bits per heavy atom. The molecule has 1 heterocycles. The summed E-state index contributed by atoms with van der Waals surface area (Å²) >= 11 is 0. The van der Waals surface area contributed by atoms with E-state index in [0.29, 0.717) is 6.54 Å². The highest BCUT2D eigenvalue weighted by Crippen LogP contribution is 2.17. The number of nitrogens with zero attached hydrogens (tertiary/aromatic N) is 1. The van der Waals surface area contributed by atoms with Gasteiger partial charge in [-0.3, -0.25) is 4.90 Å². The lowest BCUT2D eigenvalue weighted by Crippen LogP contribution is -2.43. The fourth-order valence-corrected chi connectivity index (χ4v) is 1.83. The molecule has 14 heavy (non-hydrogen) atoms. The average molecular weight is 205 g/mol. The summed E-state index contributed by atoms with van der Waals surface area (Å²) in [6, 6.07) is 0.0931. The highest BCUT2D eigenvalue weighted by atomic mass is 16.4. The first-order valence-electron chi connectivity index (χ1n) is 5.01. The van der Waals surface area contributed by atoms with E-state index in [2.05, 4.69) is 0 Å². The lowest BCUT2D eigenvalue weighted by atomic mass is 10.2. The van der Waals surface area contributed by atoms with E-state index in [0.717, 1.165) is 19.4 Å². The third-order valence-corrected chi connectivity index (χ3v) is 2.76. The van der Waals surface area contributed by atoms with Crippen molar-refractivity contribution in [3.63, 3.8) is 0 Å². The van der Waals surface area contributed by atoms with Crippen LogP contribution in [0, 0.1) is 0 Å². The predicted molar refractivity (Wildman–Crippen MR) is 50.8 cm³/mol. The minimum atomic E-state index is -1.09. The van der Waals surface area contributed by atoms with Crippen molar-refractivity contribution in [2.75, 3.05) is 26.3 Å². The summed E-state index contributed by atoms with van der Waals surface area (Å²) in [7, 11) is 0. The molecule has 1 aliphatic rings. The number of rotatable bonds is 5. The molecule has 0 aromatic heterocycles. The summed E-state index contributed by atoms with van der Waals surface area (Å²) in [5, 5.41) is 36.2. The van der Waals surface area contributed by atoms with E-state index in [-0.39, 0.29) is 12.6 Å². The molecule has 0 aliphatic carbocycles. The molecule has 1 aliphatic heterocycles. The zero-order valence-electron chi connectivity index (χ0n) is 8.21.